The quantitative estimate of drug-likeness (QED) is 0.100. The molecule has 0 saturated carbocycles. The summed E-state index contributed by atoms with van der Waals surface area (Å²) in [6.07, 6.45) is 1.67. The van der Waals surface area contributed by atoms with Gasteiger partial charge in [0.25, 0.3) is 0 Å². The minimum atomic E-state index is -3.19. The number of aromatic nitrogens is 2. The first-order chi connectivity index (χ1) is 25.0. The Bertz CT molecular complexity index is 1990. The molecule has 2 atom stereocenters. The van der Waals surface area contributed by atoms with E-state index in [1.54, 1.807) is 46.0 Å². The van der Waals surface area contributed by atoms with Crippen molar-refractivity contribution in [2.24, 2.45) is 0 Å². The molecule has 4 aromatic rings. The van der Waals surface area contributed by atoms with Crippen molar-refractivity contribution >= 4 is 45.3 Å². The Kier molecular flexibility index (Phi) is 20.5. The number of benzene rings is 2. The van der Waals surface area contributed by atoms with Gasteiger partial charge < -0.3 is 23.6 Å². The second-order valence-corrected chi connectivity index (χ2v) is 18.9. The molecule has 0 aliphatic rings. The van der Waals surface area contributed by atoms with E-state index in [4.69, 9.17) is 18.5 Å². The molecule has 0 aliphatic carbocycles. The maximum Gasteiger partial charge on any atom is 0.247 e. The number of halogens is 1. The van der Waals surface area contributed by atoms with Crippen LogP contribution in [0.3, 0.4) is 0 Å². The third-order valence-electron chi connectivity index (χ3n) is 6.72. The lowest BCUT2D eigenvalue weighted by Gasteiger charge is -2.13. The van der Waals surface area contributed by atoms with Crippen molar-refractivity contribution in [3.8, 4) is 35.2 Å². The van der Waals surface area contributed by atoms with Crippen LogP contribution in [-0.4, -0.2) is 70.5 Å². The molecule has 2 aromatic heterocycles. The number of aliphatic hydroxyl groups is 1. The number of pyridine rings is 2. The number of hydrogen-bond acceptors (Lipinski definition) is 11. The van der Waals surface area contributed by atoms with Crippen LogP contribution in [0.5, 0.6) is 11.5 Å². The summed E-state index contributed by atoms with van der Waals surface area (Å²) in [6.45, 7) is 9.18. The molecule has 2 heterocycles. The van der Waals surface area contributed by atoms with Gasteiger partial charge >= 0.3 is 0 Å². The van der Waals surface area contributed by atoms with Gasteiger partial charge in [0.15, 0.2) is 0 Å². The molecule has 0 saturated heterocycles. The summed E-state index contributed by atoms with van der Waals surface area (Å²) in [4.78, 5) is 8.64. The van der Waals surface area contributed by atoms with Crippen molar-refractivity contribution in [2.75, 3.05) is 47.0 Å². The summed E-state index contributed by atoms with van der Waals surface area (Å²) in [6, 6.07) is 21.9. The van der Waals surface area contributed by atoms with E-state index in [2.05, 4.69) is 44.3 Å². The number of methoxy groups -OCH3 is 2. The van der Waals surface area contributed by atoms with Crippen molar-refractivity contribution in [3.05, 3.63) is 106 Å². The normalized spacial score (nSPS) is 12.5. The maximum absolute atomic E-state index is 12.6. The predicted octanol–water partition coefficient (Wildman–Crippen LogP) is 7.00. The van der Waals surface area contributed by atoms with E-state index in [1.165, 1.54) is 6.66 Å². The van der Waals surface area contributed by atoms with Gasteiger partial charge in [0.1, 0.15) is 22.4 Å². The van der Waals surface area contributed by atoms with Crippen LogP contribution in [0.4, 0.5) is 0 Å². The Balaban J connectivity index is 0.000000472. The zero-order valence-corrected chi connectivity index (χ0v) is 34.4. The van der Waals surface area contributed by atoms with E-state index in [1.807, 2.05) is 68.4 Å². The highest BCUT2D eigenvalue weighted by atomic mass is 35.7. The first kappa shape index (κ1) is 48.1. The van der Waals surface area contributed by atoms with Gasteiger partial charge in [-0.3, -0.25) is 9.13 Å². The van der Waals surface area contributed by atoms with Crippen LogP contribution in [0.1, 0.15) is 61.8 Å². The number of rotatable bonds is 10. The van der Waals surface area contributed by atoms with Crippen LogP contribution in [0.25, 0.3) is 0 Å². The molecule has 0 fully saturated rings. The number of aryl methyl sites for hydroxylation is 1. The van der Waals surface area contributed by atoms with Gasteiger partial charge in [-0.1, -0.05) is 38.0 Å². The Labute approximate surface area is 325 Å². The Morgan fingerprint density at radius 1 is 0.667 bits per heavy atom. The van der Waals surface area contributed by atoms with Crippen molar-refractivity contribution in [1.29, 1.82) is 0 Å². The molecule has 15 heteroatoms. The molecule has 2 unspecified atom stereocenters. The lowest BCUT2D eigenvalue weighted by molar-refractivity contribution is 0.277. The highest BCUT2D eigenvalue weighted by Crippen LogP contribution is 2.41. The second kappa shape index (κ2) is 23.1. The van der Waals surface area contributed by atoms with E-state index < -0.39 is 23.8 Å². The average molecular weight is 819 g/mol. The maximum atomic E-state index is 12.6. The molecule has 0 bridgehead atoms. The van der Waals surface area contributed by atoms with Crippen LogP contribution >= 0.6 is 25.4 Å². The van der Waals surface area contributed by atoms with Gasteiger partial charge in [0.05, 0.1) is 46.0 Å². The van der Waals surface area contributed by atoms with E-state index in [0.29, 0.717) is 35.3 Å². The summed E-state index contributed by atoms with van der Waals surface area (Å²) in [5, 5.41) is 9.37. The van der Waals surface area contributed by atoms with Crippen molar-refractivity contribution < 1.29 is 41.2 Å². The topological polar surface area (TPSA) is 151 Å². The average Bonchev–Trinajstić information content (AvgIpc) is 3.12. The predicted molar refractivity (Wildman–Crippen MR) is 219 cm³/mol. The standard InChI is InChI=1S/C19H22NO3P.C18H20NO4P.CH3ClO2S.CH4/c1-5-17-13-16(14-19(20-17)24(4,21)23-6-2)8-7-15-9-11-18(22-3)12-10-15;1-4-23-24(3,21)18-12-15(11-16(13-20)19-18)6-5-14-7-9-17(22-2)10-8-14;1-5(2,3)4;/h9-14H,5-6H2,1-4H3;7-12,20H,4,13H2,1-3H3;1H3;1H4. The number of hydrogen-bond donors (Lipinski definition) is 1. The second-order valence-electron chi connectivity index (χ2n) is 11.1. The molecule has 4 rings (SSSR count). The largest absolute Gasteiger partial charge is 0.497 e. The van der Waals surface area contributed by atoms with Crippen LogP contribution in [0.15, 0.2) is 72.8 Å². The summed E-state index contributed by atoms with van der Waals surface area (Å²) in [7, 11) is -1.39. The van der Waals surface area contributed by atoms with Crippen LogP contribution in [0, 0.1) is 23.7 Å². The monoisotopic (exact) mass is 818 g/mol. The number of aliphatic hydroxyl groups excluding tert-OH is 1. The zero-order valence-electron chi connectivity index (χ0n) is 31.0. The molecule has 0 radical (unpaired) electrons. The van der Waals surface area contributed by atoms with Gasteiger partial charge in [-0.2, -0.15) is 0 Å². The first-order valence-corrected chi connectivity index (χ1v) is 23.1. The van der Waals surface area contributed by atoms with Gasteiger partial charge in [-0.15, -0.1) is 0 Å². The number of nitrogens with zero attached hydrogens (tertiary/aromatic N) is 2. The zero-order chi connectivity index (χ0) is 39.7. The van der Waals surface area contributed by atoms with Crippen LogP contribution < -0.4 is 20.3 Å². The Morgan fingerprint density at radius 3 is 1.31 bits per heavy atom. The van der Waals surface area contributed by atoms with Crippen molar-refractivity contribution in [3.63, 3.8) is 0 Å². The van der Waals surface area contributed by atoms with E-state index >= 15 is 0 Å². The van der Waals surface area contributed by atoms with Gasteiger partial charge in [0, 0.05) is 52.0 Å². The first-order valence-electron chi connectivity index (χ1n) is 16.3. The smallest absolute Gasteiger partial charge is 0.247 e. The fraction of sp³-hybridized carbons (Fsp3) is 0.333. The highest BCUT2D eigenvalue weighted by molar-refractivity contribution is 8.13. The molecule has 54 heavy (non-hydrogen) atoms. The van der Waals surface area contributed by atoms with Crippen LogP contribution in [0.2, 0.25) is 0 Å². The molecule has 292 valence electrons. The SMILES string of the molecule is C.CCOP(C)(=O)c1cc(C#Cc2ccc(OC)cc2)cc(CC)n1.CCOP(C)(=O)c1cc(C#Cc2ccc(OC)cc2)cc(CO)n1.CS(=O)(=O)Cl. The fourth-order valence-corrected chi connectivity index (χ4v) is 6.85. The summed E-state index contributed by atoms with van der Waals surface area (Å²) in [5.41, 5.74) is 5.18. The summed E-state index contributed by atoms with van der Waals surface area (Å²) in [5.74, 6) is 13.8. The minimum absolute atomic E-state index is 0. The molecule has 11 nitrogen and oxygen atoms in total. The molecule has 0 spiro atoms. The third-order valence-corrected chi connectivity index (χ3v) is 10.3. The Hall–Kier alpha value is -3.96. The van der Waals surface area contributed by atoms with Crippen molar-refractivity contribution in [1.82, 2.24) is 9.97 Å². The molecular formula is C39H49ClN2O9P2S. The molecule has 1 N–H and O–H groups in total. The lowest BCUT2D eigenvalue weighted by Crippen LogP contribution is -2.14. The molecule has 2 aromatic carbocycles. The molecular weight excluding hydrogens is 770 g/mol. The van der Waals surface area contributed by atoms with Crippen LogP contribution in [-0.2, 0) is 40.3 Å². The van der Waals surface area contributed by atoms with Gasteiger partial charge in [-0.25, -0.2) is 18.4 Å². The highest BCUT2D eigenvalue weighted by Gasteiger charge is 2.22. The lowest BCUT2D eigenvalue weighted by atomic mass is 10.1. The number of ether oxygens (including phenoxy) is 2. The van der Waals surface area contributed by atoms with Crippen molar-refractivity contribution in [2.45, 2.75) is 41.2 Å². The van der Waals surface area contributed by atoms with E-state index in [9.17, 15) is 22.7 Å². The van der Waals surface area contributed by atoms with Gasteiger partial charge in [0.2, 0.25) is 23.8 Å². The third kappa shape index (κ3) is 17.5. The van der Waals surface area contributed by atoms with E-state index in [0.717, 1.165) is 46.6 Å². The van der Waals surface area contributed by atoms with Gasteiger partial charge in [-0.05, 0) is 93.1 Å². The molecule has 0 aliphatic heterocycles. The minimum Gasteiger partial charge on any atom is -0.497 e. The summed E-state index contributed by atoms with van der Waals surface area (Å²) < 4.78 is 64.9. The summed E-state index contributed by atoms with van der Waals surface area (Å²) >= 11 is 0. The Morgan fingerprint density at radius 2 is 1.00 bits per heavy atom. The van der Waals surface area contributed by atoms with E-state index in [-0.39, 0.29) is 14.0 Å². The molecule has 0 amide bonds. The fourth-order valence-electron chi connectivity index (χ4n) is 4.23.